The molecular weight excluding hydrogens is 450 g/mol. The number of amides is 2. The number of pyridine rings is 1. The smallest absolute Gasteiger partial charge is 0.259 e. The van der Waals surface area contributed by atoms with Gasteiger partial charge in [0, 0.05) is 57.0 Å². The van der Waals surface area contributed by atoms with Gasteiger partial charge in [-0.05, 0) is 47.9 Å². The third kappa shape index (κ3) is 4.63. The van der Waals surface area contributed by atoms with E-state index in [9.17, 15) is 14.4 Å². The Morgan fingerprint density at radius 1 is 1.12 bits per heavy atom. The maximum atomic E-state index is 13.5. The maximum absolute atomic E-state index is 13.5. The Balaban J connectivity index is 1.66. The van der Waals surface area contributed by atoms with E-state index in [0.717, 1.165) is 16.7 Å². The molecule has 0 bridgehead atoms. The number of rotatable bonds is 5. The Bertz CT molecular complexity index is 1280. The van der Waals surface area contributed by atoms with Gasteiger partial charge in [-0.25, -0.2) is 0 Å². The van der Waals surface area contributed by atoms with Crippen LogP contribution < -0.4 is 10.3 Å². The summed E-state index contributed by atoms with van der Waals surface area (Å²) in [6.07, 6.45) is 0.385. The van der Waals surface area contributed by atoms with Gasteiger partial charge in [0.25, 0.3) is 17.4 Å². The predicted octanol–water partition coefficient (Wildman–Crippen LogP) is 3.51. The van der Waals surface area contributed by atoms with Gasteiger partial charge in [0.05, 0.1) is 7.11 Å². The number of hydrogen-bond acceptors (Lipinski definition) is 5. The molecule has 2 amide bonds. The van der Waals surface area contributed by atoms with Crippen molar-refractivity contribution < 1.29 is 14.3 Å². The van der Waals surface area contributed by atoms with E-state index in [1.807, 2.05) is 48.9 Å². The van der Waals surface area contributed by atoms with Crippen LogP contribution in [0.1, 0.15) is 43.1 Å². The van der Waals surface area contributed by atoms with Crippen LogP contribution in [0.5, 0.6) is 5.75 Å². The first-order chi connectivity index (χ1) is 16.3. The zero-order chi connectivity index (χ0) is 24.4. The summed E-state index contributed by atoms with van der Waals surface area (Å²) < 4.78 is 7.09. The lowest BCUT2D eigenvalue weighted by atomic mass is 10.0. The Hall–Kier alpha value is -3.39. The molecule has 4 rings (SSSR count). The second-order valence-electron chi connectivity index (χ2n) is 8.68. The van der Waals surface area contributed by atoms with Crippen LogP contribution in [0.15, 0.2) is 45.9 Å². The van der Waals surface area contributed by atoms with E-state index in [4.69, 9.17) is 4.74 Å². The largest absolute Gasteiger partial charge is 0.496 e. The fourth-order valence-corrected chi connectivity index (χ4v) is 5.06. The third-order valence-electron chi connectivity index (χ3n) is 6.28. The molecule has 0 atom stereocenters. The second-order valence-corrected chi connectivity index (χ2v) is 9.46. The van der Waals surface area contributed by atoms with Gasteiger partial charge in [-0.3, -0.25) is 14.4 Å². The molecule has 0 radical (unpaired) electrons. The van der Waals surface area contributed by atoms with Gasteiger partial charge in [0.15, 0.2) is 0 Å². The van der Waals surface area contributed by atoms with E-state index in [2.05, 4.69) is 0 Å². The third-order valence-corrected chi connectivity index (χ3v) is 7.02. The average molecular weight is 480 g/mol. The van der Waals surface area contributed by atoms with Crippen molar-refractivity contribution in [2.45, 2.75) is 33.4 Å². The minimum Gasteiger partial charge on any atom is -0.496 e. The number of fused-ring (bicyclic) bond motifs is 1. The van der Waals surface area contributed by atoms with Crippen molar-refractivity contribution in [2.24, 2.45) is 0 Å². The number of thiophene rings is 1. The van der Waals surface area contributed by atoms with Gasteiger partial charge in [0.2, 0.25) is 0 Å². The number of carbonyl (C=O) groups excluding carboxylic acids is 2. The minimum absolute atomic E-state index is 0.0588. The molecular formula is C26H29N3O4S. The van der Waals surface area contributed by atoms with E-state index in [0.29, 0.717) is 49.4 Å². The summed E-state index contributed by atoms with van der Waals surface area (Å²) in [5.74, 6) is 0.00491. The van der Waals surface area contributed by atoms with Crippen molar-refractivity contribution in [2.75, 3.05) is 27.2 Å². The molecule has 34 heavy (non-hydrogen) atoms. The first kappa shape index (κ1) is 23.8. The van der Waals surface area contributed by atoms with E-state index in [-0.39, 0.29) is 23.1 Å². The molecule has 3 aromatic rings. The number of carbonyl (C=O) groups is 2. The van der Waals surface area contributed by atoms with Crippen LogP contribution in [0, 0.1) is 13.8 Å². The number of ether oxygens (including phenoxy) is 1. The highest BCUT2D eigenvalue weighted by atomic mass is 32.1. The molecule has 8 heteroatoms. The van der Waals surface area contributed by atoms with Crippen molar-refractivity contribution in [1.82, 2.24) is 14.4 Å². The number of methoxy groups -OCH3 is 1. The van der Waals surface area contributed by atoms with Crippen LogP contribution in [0.3, 0.4) is 0 Å². The quantitative estimate of drug-likeness (QED) is 0.562. The van der Waals surface area contributed by atoms with Crippen LogP contribution in [0.2, 0.25) is 0 Å². The Morgan fingerprint density at radius 3 is 2.62 bits per heavy atom. The monoisotopic (exact) mass is 479 g/mol. The molecule has 3 heterocycles. The van der Waals surface area contributed by atoms with Gasteiger partial charge in [-0.1, -0.05) is 17.7 Å². The lowest BCUT2D eigenvalue weighted by molar-refractivity contribution is 0.0757. The van der Waals surface area contributed by atoms with Crippen LogP contribution in [0.4, 0.5) is 0 Å². The molecule has 0 fully saturated rings. The molecule has 0 saturated heterocycles. The highest BCUT2D eigenvalue weighted by Crippen LogP contribution is 2.26. The molecule has 7 nitrogen and oxygen atoms in total. The van der Waals surface area contributed by atoms with Crippen molar-refractivity contribution in [1.29, 1.82) is 0 Å². The molecule has 0 spiro atoms. The summed E-state index contributed by atoms with van der Waals surface area (Å²) >= 11 is 1.58. The maximum Gasteiger partial charge on any atom is 0.259 e. The average Bonchev–Trinajstić information content (AvgIpc) is 3.23. The highest BCUT2D eigenvalue weighted by Gasteiger charge is 2.29. The van der Waals surface area contributed by atoms with Gasteiger partial charge < -0.3 is 19.1 Å². The Morgan fingerprint density at radius 2 is 1.91 bits per heavy atom. The fraction of sp³-hybridized carbons (Fsp3) is 0.346. The minimum atomic E-state index is -0.232. The molecule has 2 aromatic heterocycles. The van der Waals surface area contributed by atoms with Gasteiger partial charge in [-0.2, -0.15) is 11.3 Å². The van der Waals surface area contributed by atoms with E-state index < -0.39 is 0 Å². The molecule has 0 saturated carbocycles. The Kier molecular flexibility index (Phi) is 6.88. The first-order valence-corrected chi connectivity index (χ1v) is 12.2. The standard InChI is InChI=1S/C26H29N3O4S/c1-17-5-6-18(2)20(13-17)25(31)28-9-7-21-24(22(33-4)14-23(30)29(21)11-10-28)26(32)27(3)15-19-8-12-34-16-19/h5-6,8,12-14,16H,7,9-11,15H2,1-4H3. The van der Waals surface area contributed by atoms with Crippen molar-refractivity contribution in [3.05, 3.63) is 85.0 Å². The normalized spacial score (nSPS) is 13.2. The van der Waals surface area contributed by atoms with Gasteiger partial charge >= 0.3 is 0 Å². The molecule has 1 aliphatic heterocycles. The number of benzene rings is 1. The van der Waals surface area contributed by atoms with Crippen molar-refractivity contribution in [3.8, 4) is 5.75 Å². The van der Waals surface area contributed by atoms with Crippen LogP contribution >= 0.6 is 11.3 Å². The number of nitrogens with zero attached hydrogens (tertiary/aromatic N) is 3. The van der Waals surface area contributed by atoms with E-state index in [1.165, 1.54) is 13.2 Å². The topological polar surface area (TPSA) is 71.8 Å². The fourth-order valence-electron chi connectivity index (χ4n) is 4.40. The number of hydrogen-bond donors (Lipinski definition) is 0. The van der Waals surface area contributed by atoms with Gasteiger partial charge in [-0.15, -0.1) is 0 Å². The van der Waals surface area contributed by atoms with Crippen LogP contribution in [0.25, 0.3) is 0 Å². The lowest BCUT2D eigenvalue weighted by Crippen LogP contribution is -2.34. The highest BCUT2D eigenvalue weighted by molar-refractivity contribution is 7.07. The van der Waals surface area contributed by atoms with Crippen molar-refractivity contribution in [3.63, 3.8) is 0 Å². The van der Waals surface area contributed by atoms with E-state index >= 15 is 0 Å². The molecule has 178 valence electrons. The molecule has 0 N–H and O–H groups in total. The summed E-state index contributed by atoms with van der Waals surface area (Å²) in [4.78, 5) is 43.1. The lowest BCUT2D eigenvalue weighted by Gasteiger charge is -2.22. The zero-order valence-electron chi connectivity index (χ0n) is 20.0. The predicted molar refractivity (Wildman–Crippen MR) is 133 cm³/mol. The zero-order valence-corrected chi connectivity index (χ0v) is 20.8. The van der Waals surface area contributed by atoms with Crippen LogP contribution in [-0.4, -0.2) is 53.4 Å². The number of aromatic nitrogens is 1. The number of aryl methyl sites for hydroxylation is 2. The summed E-state index contributed by atoms with van der Waals surface area (Å²) in [5, 5.41) is 3.98. The van der Waals surface area contributed by atoms with Crippen LogP contribution in [-0.2, 0) is 19.5 Å². The molecule has 1 aliphatic rings. The Labute approximate surface area is 203 Å². The SMILES string of the molecule is COc1cc(=O)n2c(c1C(=O)N(C)Cc1ccsc1)CCN(C(=O)c1cc(C)ccc1C)CC2. The second kappa shape index (κ2) is 9.85. The van der Waals surface area contributed by atoms with Gasteiger partial charge in [0.1, 0.15) is 11.3 Å². The summed E-state index contributed by atoms with van der Waals surface area (Å²) in [7, 11) is 3.21. The van der Waals surface area contributed by atoms with E-state index in [1.54, 1.807) is 32.8 Å². The summed E-state index contributed by atoms with van der Waals surface area (Å²) in [5.41, 5.74) is 4.43. The molecule has 0 unspecified atom stereocenters. The molecule has 0 aliphatic carbocycles. The summed E-state index contributed by atoms with van der Waals surface area (Å²) in [6, 6.07) is 9.19. The summed E-state index contributed by atoms with van der Waals surface area (Å²) in [6.45, 7) is 5.47. The van der Waals surface area contributed by atoms with Crippen molar-refractivity contribution >= 4 is 23.2 Å². The first-order valence-electron chi connectivity index (χ1n) is 11.2. The molecule has 1 aromatic carbocycles.